The number of aromatic nitrogens is 2. The maximum atomic E-state index is 6.58. The Labute approximate surface area is 206 Å². The van der Waals surface area contributed by atoms with Crippen molar-refractivity contribution in [1.82, 2.24) is 9.97 Å². The monoisotopic (exact) mass is 470 g/mol. The van der Waals surface area contributed by atoms with E-state index in [-0.39, 0.29) is 0 Å². The predicted octanol–water partition coefficient (Wildman–Crippen LogP) is 7.92. The fourth-order valence-corrected chi connectivity index (χ4v) is 5.48. The summed E-state index contributed by atoms with van der Waals surface area (Å²) in [7, 11) is -1.51. The Bertz CT molecular complexity index is 1650. The molecule has 0 atom stereocenters. The van der Waals surface area contributed by atoms with Crippen LogP contribution in [-0.4, -0.2) is 18.0 Å². The summed E-state index contributed by atoms with van der Waals surface area (Å²) in [5.41, 5.74) is 8.20. The first kappa shape index (κ1) is 21.5. The van der Waals surface area contributed by atoms with Crippen LogP contribution in [0.3, 0.4) is 0 Å². The third-order valence-corrected chi connectivity index (χ3v) is 8.32. The minimum Gasteiger partial charge on any atom is -0.455 e. The zero-order valence-electron chi connectivity index (χ0n) is 20.1. The highest BCUT2D eigenvalue weighted by Gasteiger charge is 2.20. The van der Waals surface area contributed by atoms with E-state index in [1.165, 1.54) is 11.1 Å². The van der Waals surface area contributed by atoms with Gasteiger partial charge in [0.15, 0.2) is 0 Å². The van der Waals surface area contributed by atoms with Crippen LogP contribution in [0, 0.1) is 0 Å². The summed E-state index contributed by atoms with van der Waals surface area (Å²) >= 11 is 0. The molecule has 6 rings (SSSR count). The molecule has 0 aliphatic rings. The molecule has 2 heterocycles. The molecule has 0 saturated carbocycles. The van der Waals surface area contributed by atoms with Crippen molar-refractivity contribution in [1.29, 1.82) is 0 Å². The van der Waals surface area contributed by atoms with Crippen LogP contribution in [0.4, 0.5) is 0 Å². The number of hydrogen-bond acceptors (Lipinski definition) is 3. The van der Waals surface area contributed by atoms with E-state index in [1.54, 1.807) is 0 Å². The summed E-state index contributed by atoms with van der Waals surface area (Å²) in [5.74, 6) is 0. The van der Waals surface area contributed by atoms with Gasteiger partial charge in [0.25, 0.3) is 0 Å². The molecule has 0 aliphatic heterocycles. The number of benzene rings is 4. The Morgan fingerprint density at radius 1 is 0.543 bits per heavy atom. The largest absolute Gasteiger partial charge is 0.455 e. The summed E-state index contributed by atoms with van der Waals surface area (Å²) < 4.78 is 6.58. The second-order valence-corrected chi connectivity index (χ2v) is 15.0. The smallest absolute Gasteiger partial charge is 0.144 e. The van der Waals surface area contributed by atoms with Crippen molar-refractivity contribution in [3.63, 3.8) is 0 Å². The Kier molecular flexibility index (Phi) is 5.12. The zero-order valence-corrected chi connectivity index (χ0v) is 21.1. The number of nitrogens with zero attached hydrogens (tertiary/aromatic N) is 2. The molecular weight excluding hydrogens is 444 g/mol. The molecule has 0 aliphatic carbocycles. The van der Waals surface area contributed by atoms with Gasteiger partial charge in [-0.05, 0) is 22.8 Å². The molecule has 4 aromatic carbocycles. The van der Waals surface area contributed by atoms with Crippen LogP contribution < -0.4 is 5.32 Å². The SMILES string of the molecule is C[Si](C)(C)c1cnc(-c2cccc3c2oc2c(-c4ccc(-c5ccccc5)cc4)cccc23)cn1. The highest BCUT2D eigenvalue weighted by molar-refractivity contribution is 6.88. The summed E-state index contributed by atoms with van der Waals surface area (Å²) in [4.78, 5) is 9.51. The van der Waals surface area contributed by atoms with Crippen molar-refractivity contribution in [2.75, 3.05) is 0 Å². The molecule has 3 nitrogen and oxygen atoms in total. The van der Waals surface area contributed by atoms with Gasteiger partial charge in [-0.3, -0.25) is 9.97 Å². The lowest BCUT2D eigenvalue weighted by Gasteiger charge is -2.14. The van der Waals surface area contributed by atoms with Gasteiger partial charge in [-0.1, -0.05) is 105 Å². The van der Waals surface area contributed by atoms with Crippen LogP contribution in [0.5, 0.6) is 0 Å². The fourth-order valence-electron chi connectivity index (χ4n) is 4.58. The second kappa shape index (κ2) is 8.33. The standard InChI is InChI=1S/C31H26N2OSi/c1-35(2,3)29-20-32-28(19-33-29)27-14-8-13-26-25-12-7-11-24(30(25)34-31(26)27)23-17-15-22(16-18-23)21-9-5-4-6-10-21/h4-20H,1-3H3. The highest BCUT2D eigenvalue weighted by Crippen LogP contribution is 2.39. The third-order valence-electron chi connectivity index (χ3n) is 6.52. The predicted molar refractivity (Wildman–Crippen MR) is 149 cm³/mol. The van der Waals surface area contributed by atoms with Gasteiger partial charge in [0.2, 0.25) is 0 Å². The minimum atomic E-state index is -1.51. The summed E-state index contributed by atoms with van der Waals surface area (Å²) in [6.45, 7) is 6.85. The highest BCUT2D eigenvalue weighted by atomic mass is 28.3. The average molecular weight is 471 g/mol. The number of hydrogen-bond donors (Lipinski definition) is 0. The Morgan fingerprint density at radius 2 is 1.14 bits per heavy atom. The molecule has 0 radical (unpaired) electrons. The number of furan rings is 1. The third kappa shape index (κ3) is 3.86. The van der Waals surface area contributed by atoms with E-state index in [9.17, 15) is 0 Å². The van der Waals surface area contributed by atoms with E-state index >= 15 is 0 Å². The van der Waals surface area contributed by atoms with E-state index in [0.29, 0.717) is 0 Å². The lowest BCUT2D eigenvalue weighted by atomic mass is 9.98. The lowest BCUT2D eigenvalue weighted by Crippen LogP contribution is -2.40. The molecule has 0 fully saturated rings. The molecule has 0 N–H and O–H groups in total. The summed E-state index contributed by atoms with van der Waals surface area (Å²) in [6, 6.07) is 31.8. The minimum absolute atomic E-state index is 0.838. The molecule has 0 saturated heterocycles. The quantitative estimate of drug-likeness (QED) is 0.246. The fraction of sp³-hybridized carbons (Fsp3) is 0.0968. The van der Waals surface area contributed by atoms with Crippen molar-refractivity contribution in [2.45, 2.75) is 19.6 Å². The van der Waals surface area contributed by atoms with E-state index in [1.807, 2.05) is 18.5 Å². The first-order chi connectivity index (χ1) is 17.0. The van der Waals surface area contributed by atoms with Gasteiger partial charge < -0.3 is 4.42 Å². The second-order valence-electron chi connectivity index (χ2n) is 9.95. The van der Waals surface area contributed by atoms with Crippen LogP contribution in [0.15, 0.2) is 108 Å². The summed E-state index contributed by atoms with van der Waals surface area (Å²) in [5, 5.41) is 3.31. The van der Waals surface area contributed by atoms with Gasteiger partial charge in [0.05, 0.1) is 11.9 Å². The van der Waals surface area contributed by atoms with Gasteiger partial charge in [-0.2, -0.15) is 0 Å². The number of fused-ring (bicyclic) bond motifs is 3. The van der Waals surface area contributed by atoms with Crippen molar-refractivity contribution in [2.24, 2.45) is 0 Å². The molecule has 0 amide bonds. The van der Waals surface area contributed by atoms with E-state index in [2.05, 4.69) is 105 Å². The van der Waals surface area contributed by atoms with Crippen molar-refractivity contribution in [3.8, 4) is 33.5 Å². The van der Waals surface area contributed by atoms with Gasteiger partial charge in [0.1, 0.15) is 19.2 Å². The molecule has 4 heteroatoms. The molecule has 6 aromatic rings. The lowest BCUT2D eigenvalue weighted by molar-refractivity contribution is 0.671. The van der Waals surface area contributed by atoms with Crippen LogP contribution >= 0.6 is 0 Å². The van der Waals surface area contributed by atoms with E-state index in [4.69, 9.17) is 14.4 Å². The van der Waals surface area contributed by atoms with Crippen LogP contribution in [0.25, 0.3) is 55.4 Å². The van der Waals surface area contributed by atoms with E-state index in [0.717, 1.165) is 49.6 Å². The Hall–Kier alpha value is -4.02. The molecule has 170 valence electrons. The number of rotatable bonds is 4. The Balaban J connectivity index is 1.46. The molecular formula is C31H26N2OSi. The molecule has 2 aromatic heterocycles. The van der Waals surface area contributed by atoms with Crippen LogP contribution in [0.2, 0.25) is 19.6 Å². The molecule has 35 heavy (non-hydrogen) atoms. The number of para-hydroxylation sites is 2. The molecule has 0 bridgehead atoms. The van der Waals surface area contributed by atoms with Gasteiger partial charge in [-0.25, -0.2) is 0 Å². The maximum absolute atomic E-state index is 6.58. The van der Waals surface area contributed by atoms with Gasteiger partial charge in [-0.15, -0.1) is 0 Å². The zero-order chi connectivity index (χ0) is 24.0. The van der Waals surface area contributed by atoms with E-state index < -0.39 is 8.07 Å². The Morgan fingerprint density at radius 3 is 1.77 bits per heavy atom. The summed E-state index contributed by atoms with van der Waals surface area (Å²) in [6.07, 6.45) is 3.82. The first-order valence-electron chi connectivity index (χ1n) is 11.9. The average Bonchev–Trinajstić information content (AvgIpc) is 3.28. The van der Waals surface area contributed by atoms with Crippen molar-refractivity contribution < 1.29 is 4.42 Å². The van der Waals surface area contributed by atoms with Gasteiger partial charge >= 0.3 is 0 Å². The molecule has 0 spiro atoms. The maximum Gasteiger partial charge on any atom is 0.144 e. The van der Waals surface area contributed by atoms with Crippen molar-refractivity contribution >= 4 is 35.3 Å². The van der Waals surface area contributed by atoms with Crippen molar-refractivity contribution in [3.05, 3.63) is 103 Å². The van der Waals surface area contributed by atoms with Crippen LogP contribution in [0.1, 0.15) is 0 Å². The molecule has 0 unspecified atom stereocenters. The van der Waals surface area contributed by atoms with Crippen LogP contribution in [-0.2, 0) is 0 Å². The van der Waals surface area contributed by atoms with Gasteiger partial charge in [0, 0.05) is 33.4 Å². The topological polar surface area (TPSA) is 38.9 Å². The normalized spacial score (nSPS) is 11.9. The first-order valence-corrected chi connectivity index (χ1v) is 15.4.